The minimum absolute atomic E-state index is 0.0929. The van der Waals surface area contributed by atoms with Crippen molar-refractivity contribution in [3.8, 4) is 11.3 Å². The van der Waals surface area contributed by atoms with E-state index < -0.39 is 0 Å². The lowest BCUT2D eigenvalue weighted by molar-refractivity contribution is -0.384. The maximum Gasteiger partial charge on any atom is 0.270 e. The summed E-state index contributed by atoms with van der Waals surface area (Å²) in [6.07, 6.45) is 0. The fourth-order valence-corrected chi connectivity index (χ4v) is 2.71. The normalized spacial score (nSPS) is 12.3. The van der Waals surface area contributed by atoms with Crippen LogP contribution < -0.4 is 5.32 Å². The summed E-state index contributed by atoms with van der Waals surface area (Å²) < 4.78 is 0. The van der Waals surface area contributed by atoms with E-state index in [-0.39, 0.29) is 10.6 Å². The SMILES string of the molecule is CNCC(C)c1nc(-c2cccc([N+](=O)[O-])c2)cs1. The molecular formula is C13H15N3O2S. The van der Waals surface area contributed by atoms with Crippen LogP contribution in [-0.4, -0.2) is 23.5 Å². The molecule has 2 rings (SSSR count). The zero-order valence-electron chi connectivity index (χ0n) is 10.8. The van der Waals surface area contributed by atoms with Crippen molar-refractivity contribution in [1.29, 1.82) is 0 Å². The van der Waals surface area contributed by atoms with E-state index in [4.69, 9.17) is 0 Å². The molecule has 19 heavy (non-hydrogen) atoms. The van der Waals surface area contributed by atoms with Gasteiger partial charge in [0.2, 0.25) is 0 Å². The number of nitrogens with one attached hydrogen (secondary N) is 1. The maximum atomic E-state index is 10.8. The van der Waals surface area contributed by atoms with Crippen LogP contribution in [0.4, 0.5) is 5.69 Å². The van der Waals surface area contributed by atoms with Gasteiger partial charge in [-0.1, -0.05) is 19.1 Å². The molecule has 1 aromatic heterocycles. The smallest absolute Gasteiger partial charge is 0.270 e. The quantitative estimate of drug-likeness (QED) is 0.673. The van der Waals surface area contributed by atoms with Crippen LogP contribution in [0.2, 0.25) is 0 Å². The van der Waals surface area contributed by atoms with Crippen molar-refractivity contribution in [1.82, 2.24) is 10.3 Å². The van der Waals surface area contributed by atoms with Crippen molar-refractivity contribution in [2.24, 2.45) is 0 Å². The fraction of sp³-hybridized carbons (Fsp3) is 0.308. The largest absolute Gasteiger partial charge is 0.319 e. The first-order valence-electron chi connectivity index (χ1n) is 5.96. The lowest BCUT2D eigenvalue weighted by atomic mass is 10.1. The number of nitro benzene ring substituents is 1. The summed E-state index contributed by atoms with van der Waals surface area (Å²) in [6, 6.07) is 6.57. The number of nitrogens with zero attached hydrogens (tertiary/aromatic N) is 2. The van der Waals surface area contributed by atoms with Gasteiger partial charge in [0.15, 0.2) is 0 Å². The van der Waals surface area contributed by atoms with E-state index in [1.807, 2.05) is 18.5 Å². The summed E-state index contributed by atoms with van der Waals surface area (Å²) in [4.78, 5) is 14.9. The van der Waals surface area contributed by atoms with E-state index in [1.54, 1.807) is 23.5 Å². The molecule has 1 N–H and O–H groups in total. The highest BCUT2D eigenvalue weighted by Crippen LogP contribution is 2.28. The Labute approximate surface area is 115 Å². The van der Waals surface area contributed by atoms with Gasteiger partial charge in [0.05, 0.1) is 15.6 Å². The molecule has 1 atom stereocenters. The number of hydrogen-bond acceptors (Lipinski definition) is 5. The molecule has 0 aliphatic rings. The van der Waals surface area contributed by atoms with Crippen LogP contribution in [0.15, 0.2) is 29.6 Å². The van der Waals surface area contributed by atoms with Gasteiger partial charge in [0.1, 0.15) is 0 Å². The van der Waals surface area contributed by atoms with Crippen molar-refractivity contribution in [2.45, 2.75) is 12.8 Å². The highest BCUT2D eigenvalue weighted by Gasteiger charge is 2.12. The second kappa shape index (κ2) is 5.90. The van der Waals surface area contributed by atoms with Gasteiger partial charge in [-0.15, -0.1) is 11.3 Å². The van der Waals surface area contributed by atoms with Crippen molar-refractivity contribution in [2.75, 3.05) is 13.6 Å². The third kappa shape index (κ3) is 3.15. The van der Waals surface area contributed by atoms with Crippen molar-refractivity contribution < 1.29 is 4.92 Å². The van der Waals surface area contributed by atoms with Crippen LogP contribution in [0.25, 0.3) is 11.3 Å². The maximum absolute atomic E-state index is 10.8. The molecule has 0 saturated heterocycles. The zero-order chi connectivity index (χ0) is 13.8. The second-order valence-corrected chi connectivity index (χ2v) is 5.23. The van der Waals surface area contributed by atoms with Gasteiger partial charge in [-0.05, 0) is 7.05 Å². The molecule has 0 spiro atoms. The third-order valence-electron chi connectivity index (χ3n) is 2.81. The Balaban J connectivity index is 2.27. The minimum atomic E-state index is -0.388. The Bertz CT molecular complexity index is 583. The summed E-state index contributed by atoms with van der Waals surface area (Å²) in [5.74, 6) is 0.336. The predicted molar refractivity (Wildman–Crippen MR) is 76.5 cm³/mol. The van der Waals surface area contributed by atoms with Gasteiger partial charge >= 0.3 is 0 Å². The van der Waals surface area contributed by atoms with E-state index in [1.165, 1.54) is 6.07 Å². The molecule has 0 amide bonds. The number of nitro groups is 1. The van der Waals surface area contributed by atoms with Gasteiger partial charge in [-0.2, -0.15) is 0 Å². The highest BCUT2D eigenvalue weighted by molar-refractivity contribution is 7.10. The number of aromatic nitrogens is 1. The summed E-state index contributed by atoms with van der Waals surface area (Å²) in [5, 5.41) is 16.9. The van der Waals surface area contributed by atoms with Crippen LogP contribution in [0.3, 0.4) is 0 Å². The van der Waals surface area contributed by atoms with Crippen LogP contribution in [0.5, 0.6) is 0 Å². The molecule has 0 radical (unpaired) electrons. The van der Waals surface area contributed by atoms with Gasteiger partial charge in [-0.3, -0.25) is 10.1 Å². The van der Waals surface area contributed by atoms with Gasteiger partial charge in [0.25, 0.3) is 5.69 Å². The molecule has 6 heteroatoms. The molecule has 0 bridgehead atoms. The Morgan fingerprint density at radius 2 is 2.32 bits per heavy atom. The van der Waals surface area contributed by atoms with Crippen molar-refractivity contribution in [3.05, 3.63) is 44.8 Å². The molecule has 1 heterocycles. The molecular weight excluding hydrogens is 262 g/mol. The lowest BCUT2D eigenvalue weighted by Crippen LogP contribution is -2.14. The standard InChI is InChI=1S/C13H15N3O2S/c1-9(7-14-2)13-15-12(8-19-13)10-4-3-5-11(6-10)16(17)18/h3-6,8-9,14H,7H2,1-2H3. The van der Waals surface area contributed by atoms with Crippen LogP contribution in [0, 0.1) is 10.1 Å². The zero-order valence-corrected chi connectivity index (χ0v) is 11.6. The first-order chi connectivity index (χ1) is 9.11. The second-order valence-electron chi connectivity index (χ2n) is 4.34. The first-order valence-corrected chi connectivity index (χ1v) is 6.84. The van der Waals surface area contributed by atoms with E-state index in [2.05, 4.69) is 17.2 Å². The Morgan fingerprint density at radius 1 is 1.53 bits per heavy atom. The van der Waals surface area contributed by atoms with E-state index in [0.717, 1.165) is 22.8 Å². The number of thiazole rings is 1. The molecule has 0 aliphatic heterocycles. The number of likely N-dealkylation sites (N-methyl/N-ethyl adjacent to an activating group) is 1. The summed E-state index contributed by atoms with van der Waals surface area (Å²) in [5.41, 5.74) is 1.68. The van der Waals surface area contributed by atoms with Crippen LogP contribution in [0.1, 0.15) is 17.8 Å². The van der Waals surface area contributed by atoms with Gasteiger partial charge in [-0.25, -0.2) is 4.98 Å². The third-order valence-corrected chi connectivity index (χ3v) is 3.88. The van der Waals surface area contributed by atoms with E-state index >= 15 is 0 Å². The Kier molecular flexibility index (Phi) is 4.24. The molecule has 100 valence electrons. The lowest BCUT2D eigenvalue weighted by Gasteiger charge is -2.05. The first kappa shape index (κ1) is 13.6. The molecule has 5 nitrogen and oxygen atoms in total. The van der Waals surface area contributed by atoms with E-state index in [0.29, 0.717) is 5.92 Å². The fourth-order valence-electron chi connectivity index (χ4n) is 1.82. The summed E-state index contributed by atoms with van der Waals surface area (Å²) in [7, 11) is 1.91. The molecule has 1 unspecified atom stereocenters. The van der Waals surface area contributed by atoms with Crippen LogP contribution in [-0.2, 0) is 0 Å². The number of non-ortho nitro benzene ring substituents is 1. The summed E-state index contributed by atoms with van der Waals surface area (Å²) >= 11 is 1.59. The monoisotopic (exact) mass is 277 g/mol. The number of hydrogen-bond donors (Lipinski definition) is 1. The summed E-state index contributed by atoms with van der Waals surface area (Å²) in [6.45, 7) is 2.97. The number of rotatable bonds is 5. The van der Waals surface area contributed by atoms with Crippen LogP contribution >= 0.6 is 11.3 Å². The molecule has 0 aliphatic carbocycles. The number of benzene rings is 1. The Morgan fingerprint density at radius 3 is 3.00 bits per heavy atom. The molecule has 1 aromatic carbocycles. The average molecular weight is 277 g/mol. The minimum Gasteiger partial charge on any atom is -0.319 e. The predicted octanol–water partition coefficient (Wildman–Crippen LogP) is 3.04. The Hall–Kier alpha value is -1.79. The van der Waals surface area contributed by atoms with Crippen molar-refractivity contribution in [3.63, 3.8) is 0 Å². The van der Waals surface area contributed by atoms with Gasteiger partial charge < -0.3 is 5.32 Å². The van der Waals surface area contributed by atoms with E-state index in [9.17, 15) is 10.1 Å². The molecule has 0 saturated carbocycles. The topological polar surface area (TPSA) is 68.1 Å². The van der Waals surface area contributed by atoms with Gasteiger partial charge in [0, 0.05) is 35.5 Å². The average Bonchev–Trinajstić information content (AvgIpc) is 2.89. The highest BCUT2D eigenvalue weighted by atomic mass is 32.1. The van der Waals surface area contributed by atoms with Crippen molar-refractivity contribution >= 4 is 17.0 Å². The molecule has 2 aromatic rings. The molecule has 0 fully saturated rings.